The van der Waals surface area contributed by atoms with E-state index in [4.69, 9.17) is 12.2 Å². The second-order valence-electron chi connectivity index (χ2n) is 9.15. The number of anilines is 1. The van der Waals surface area contributed by atoms with Crippen LogP contribution in [0.15, 0.2) is 47.4 Å². The largest absolute Gasteiger partial charge is 0.477 e. The lowest BCUT2D eigenvalue weighted by Gasteiger charge is -2.37. The smallest absolute Gasteiger partial charge is 0.341 e. The number of hydrogen-bond donors (Lipinski definition) is 1. The molecule has 182 valence electrons. The van der Waals surface area contributed by atoms with Crippen molar-refractivity contribution in [1.82, 2.24) is 9.47 Å². The van der Waals surface area contributed by atoms with Gasteiger partial charge in [0.25, 0.3) is 0 Å². The number of fused-ring (bicyclic) bond motifs is 1. The Morgan fingerprint density at radius 3 is 2.57 bits per heavy atom. The normalized spacial score (nSPS) is 16.1. The van der Waals surface area contributed by atoms with Crippen molar-refractivity contribution >= 4 is 50.9 Å². The van der Waals surface area contributed by atoms with E-state index in [1.54, 1.807) is 17.8 Å². The number of carboxylic acid groups (broad SMARTS) is 1. The van der Waals surface area contributed by atoms with Crippen molar-refractivity contribution in [2.45, 2.75) is 31.6 Å². The maximum absolute atomic E-state index is 15.2. The van der Waals surface area contributed by atoms with Crippen LogP contribution in [-0.4, -0.2) is 51.0 Å². The number of halogens is 1. The number of aryl methyl sites for hydroxylation is 1. The van der Waals surface area contributed by atoms with Crippen molar-refractivity contribution in [3.05, 3.63) is 75.3 Å². The van der Waals surface area contributed by atoms with Crippen molar-refractivity contribution in [2.24, 2.45) is 0 Å². The number of hydrogen-bond acceptors (Lipinski definition) is 5. The maximum atomic E-state index is 15.2. The predicted molar refractivity (Wildman–Crippen MR) is 142 cm³/mol. The molecule has 2 heterocycles. The molecule has 0 radical (unpaired) electrons. The Bertz CT molecular complexity index is 1380. The van der Waals surface area contributed by atoms with E-state index < -0.39 is 17.2 Å². The lowest BCUT2D eigenvalue weighted by atomic mass is 10.1. The third-order valence-electron chi connectivity index (χ3n) is 6.59. The Hall–Kier alpha value is -2.91. The van der Waals surface area contributed by atoms with Gasteiger partial charge in [-0.1, -0.05) is 53.8 Å². The third-order valence-corrected chi connectivity index (χ3v) is 8.19. The van der Waals surface area contributed by atoms with Gasteiger partial charge in [0.05, 0.1) is 11.2 Å². The summed E-state index contributed by atoms with van der Waals surface area (Å²) in [6, 6.07) is 11.4. The van der Waals surface area contributed by atoms with Gasteiger partial charge in [-0.3, -0.25) is 4.79 Å². The predicted octanol–water partition coefficient (Wildman–Crippen LogP) is 4.82. The molecule has 2 aromatic carbocycles. The number of nitrogens with zero attached hydrogens (tertiary/aromatic N) is 3. The molecule has 35 heavy (non-hydrogen) atoms. The molecule has 0 unspecified atom stereocenters. The van der Waals surface area contributed by atoms with E-state index in [9.17, 15) is 14.7 Å². The van der Waals surface area contributed by atoms with Gasteiger partial charge in [-0.05, 0) is 37.5 Å². The summed E-state index contributed by atoms with van der Waals surface area (Å²) >= 11 is 7.30. The van der Waals surface area contributed by atoms with Gasteiger partial charge in [-0.25, -0.2) is 9.18 Å². The highest BCUT2D eigenvalue weighted by Crippen LogP contribution is 2.38. The van der Waals surface area contributed by atoms with Gasteiger partial charge in [0.15, 0.2) is 0 Å². The monoisotopic (exact) mass is 511 g/mol. The standard InChI is InChI=1S/C26H26FN3O3S2/c1-16-3-2-4-17(11-16)15-35-26(34)29-9-7-28(8-10-29)23-13-22-19(12-21(23)27)24(31)20(25(32)33)14-30(22)18-5-6-18/h2-4,11-14,18H,5-10,15H2,1H3,(H,32,33). The first-order valence-corrected chi connectivity index (χ1v) is 13.0. The minimum atomic E-state index is -1.29. The van der Waals surface area contributed by atoms with Gasteiger partial charge in [-0.2, -0.15) is 0 Å². The summed E-state index contributed by atoms with van der Waals surface area (Å²) in [4.78, 5) is 28.4. The number of carbonyl (C=O) groups is 1. The summed E-state index contributed by atoms with van der Waals surface area (Å²) in [5, 5.41) is 9.55. The minimum absolute atomic E-state index is 0.116. The summed E-state index contributed by atoms with van der Waals surface area (Å²) < 4.78 is 17.9. The fourth-order valence-corrected chi connectivity index (χ4v) is 5.77. The first-order valence-electron chi connectivity index (χ1n) is 11.7. The van der Waals surface area contributed by atoms with E-state index in [1.807, 2.05) is 9.47 Å². The Balaban J connectivity index is 1.32. The molecule has 6 nitrogen and oxygen atoms in total. The number of thiocarbonyl (C=S) groups is 1. The van der Waals surface area contributed by atoms with E-state index in [0.29, 0.717) is 37.4 Å². The number of rotatable bonds is 5. The molecule has 1 aliphatic heterocycles. The fraction of sp³-hybridized carbons (Fsp3) is 0.346. The van der Waals surface area contributed by atoms with Gasteiger partial charge < -0.3 is 19.5 Å². The van der Waals surface area contributed by atoms with Gasteiger partial charge >= 0.3 is 5.97 Å². The zero-order chi connectivity index (χ0) is 24.7. The number of benzene rings is 2. The molecule has 2 fully saturated rings. The summed E-state index contributed by atoms with van der Waals surface area (Å²) in [7, 11) is 0. The van der Waals surface area contributed by atoms with Gasteiger partial charge in [0, 0.05) is 49.6 Å². The topological polar surface area (TPSA) is 65.8 Å². The van der Waals surface area contributed by atoms with Crippen molar-refractivity contribution in [2.75, 3.05) is 31.1 Å². The minimum Gasteiger partial charge on any atom is -0.477 e. The Kier molecular flexibility index (Phi) is 6.55. The number of piperazine rings is 1. The van der Waals surface area contributed by atoms with E-state index in [2.05, 4.69) is 36.1 Å². The Labute approximate surface area is 212 Å². The summed E-state index contributed by atoms with van der Waals surface area (Å²) in [5.41, 5.74) is 2.53. The molecule has 1 saturated heterocycles. The first-order chi connectivity index (χ1) is 16.8. The number of thioether (sulfide) groups is 1. The van der Waals surface area contributed by atoms with Crippen LogP contribution in [0.5, 0.6) is 0 Å². The average Bonchev–Trinajstić information content (AvgIpc) is 3.68. The SMILES string of the molecule is Cc1cccc(CSC(=S)N2CCN(c3cc4c(cc3F)c(=O)c(C(=O)O)cn4C3CC3)CC2)c1. The molecule has 1 N–H and O–H groups in total. The molecule has 1 aliphatic carbocycles. The van der Waals surface area contributed by atoms with Crippen molar-refractivity contribution in [1.29, 1.82) is 0 Å². The number of aromatic carboxylic acids is 1. The quantitative estimate of drug-likeness (QED) is 0.493. The fourth-order valence-electron chi connectivity index (χ4n) is 4.58. The molecule has 0 bridgehead atoms. The zero-order valence-corrected chi connectivity index (χ0v) is 21.0. The summed E-state index contributed by atoms with van der Waals surface area (Å²) in [5.74, 6) is -0.982. The van der Waals surface area contributed by atoms with Gasteiger partial charge in [0.2, 0.25) is 5.43 Å². The number of pyridine rings is 1. The van der Waals surface area contributed by atoms with Crippen LogP contribution in [0.2, 0.25) is 0 Å². The number of carboxylic acids is 1. The van der Waals surface area contributed by atoms with Crippen molar-refractivity contribution < 1.29 is 14.3 Å². The molecule has 5 rings (SSSR count). The van der Waals surface area contributed by atoms with Crippen LogP contribution in [0, 0.1) is 12.7 Å². The molecule has 1 aromatic heterocycles. The molecule has 1 saturated carbocycles. The lowest BCUT2D eigenvalue weighted by molar-refractivity contribution is 0.0695. The highest BCUT2D eigenvalue weighted by molar-refractivity contribution is 8.22. The van der Waals surface area contributed by atoms with E-state index in [-0.39, 0.29) is 17.0 Å². The van der Waals surface area contributed by atoms with Gasteiger partial charge in [0.1, 0.15) is 15.7 Å². The highest BCUT2D eigenvalue weighted by atomic mass is 32.2. The maximum Gasteiger partial charge on any atom is 0.341 e. The van der Waals surface area contributed by atoms with Crippen LogP contribution in [0.4, 0.5) is 10.1 Å². The lowest BCUT2D eigenvalue weighted by Crippen LogP contribution is -2.48. The molecule has 2 aliphatic rings. The molecule has 9 heteroatoms. The first kappa shape index (κ1) is 23.8. The molecule has 3 aromatic rings. The van der Waals surface area contributed by atoms with E-state index in [1.165, 1.54) is 23.4 Å². The molecule has 0 atom stereocenters. The average molecular weight is 512 g/mol. The molecule has 0 spiro atoms. The second kappa shape index (κ2) is 9.62. The van der Waals surface area contributed by atoms with Crippen molar-refractivity contribution in [3.63, 3.8) is 0 Å². The van der Waals surface area contributed by atoms with Crippen LogP contribution in [0.1, 0.15) is 40.4 Å². The summed E-state index contributed by atoms with van der Waals surface area (Å²) in [6.07, 6.45) is 3.24. The van der Waals surface area contributed by atoms with Crippen LogP contribution in [0.25, 0.3) is 10.9 Å². The van der Waals surface area contributed by atoms with Crippen LogP contribution < -0.4 is 10.3 Å². The van der Waals surface area contributed by atoms with Crippen LogP contribution >= 0.6 is 24.0 Å². The summed E-state index contributed by atoms with van der Waals surface area (Å²) in [6.45, 7) is 4.66. The van der Waals surface area contributed by atoms with Crippen LogP contribution in [-0.2, 0) is 5.75 Å². The second-order valence-corrected chi connectivity index (χ2v) is 10.8. The molecule has 0 amide bonds. The third kappa shape index (κ3) is 4.92. The van der Waals surface area contributed by atoms with E-state index in [0.717, 1.165) is 22.9 Å². The van der Waals surface area contributed by atoms with Crippen LogP contribution in [0.3, 0.4) is 0 Å². The van der Waals surface area contributed by atoms with Gasteiger partial charge in [-0.15, -0.1) is 0 Å². The highest BCUT2D eigenvalue weighted by Gasteiger charge is 2.28. The molecular weight excluding hydrogens is 485 g/mol. The van der Waals surface area contributed by atoms with E-state index >= 15 is 4.39 Å². The van der Waals surface area contributed by atoms with Crippen molar-refractivity contribution in [3.8, 4) is 0 Å². The Morgan fingerprint density at radius 2 is 1.91 bits per heavy atom. The Morgan fingerprint density at radius 1 is 1.17 bits per heavy atom. The zero-order valence-electron chi connectivity index (χ0n) is 19.4. The molecular formula is C26H26FN3O3S2. The number of aromatic nitrogens is 1.